The van der Waals surface area contributed by atoms with Gasteiger partial charge in [0.2, 0.25) is 5.91 Å². The number of amides is 1. The summed E-state index contributed by atoms with van der Waals surface area (Å²) in [6.07, 6.45) is 4.04. The van der Waals surface area contributed by atoms with Gasteiger partial charge >= 0.3 is 0 Å². The summed E-state index contributed by atoms with van der Waals surface area (Å²) >= 11 is 0. The number of anilines is 1. The van der Waals surface area contributed by atoms with Crippen molar-refractivity contribution in [2.24, 2.45) is 5.73 Å². The highest BCUT2D eigenvalue weighted by molar-refractivity contribution is 5.94. The summed E-state index contributed by atoms with van der Waals surface area (Å²) in [5, 5.41) is 2.83. The number of carbonyl (C=O) groups is 1. The van der Waals surface area contributed by atoms with Crippen LogP contribution in [0.15, 0.2) is 67.1 Å². The zero-order chi connectivity index (χ0) is 20.5. The van der Waals surface area contributed by atoms with Gasteiger partial charge in [0.1, 0.15) is 12.4 Å². The number of hydrogen-bond donors (Lipinski definition) is 2. The zero-order valence-electron chi connectivity index (χ0n) is 16.5. The standard InChI is InChI=1S/C22H26N4O3/c1-28-10-11-29-20-9-5-8-18(12-20)25-22(27)21(23)13-19-15-26(16-24-19)14-17-6-3-2-4-7-17/h2-9,12,15-16,21H,10-11,13-14,23H2,1H3,(H,25,27)/t21-/m0/s1. The zero-order valence-corrected chi connectivity index (χ0v) is 16.5. The average Bonchev–Trinajstić information content (AvgIpc) is 3.16. The number of rotatable bonds is 10. The molecular weight excluding hydrogens is 368 g/mol. The van der Waals surface area contributed by atoms with Crippen molar-refractivity contribution in [1.82, 2.24) is 9.55 Å². The minimum absolute atomic E-state index is 0.267. The Balaban J connectivity index is 1.52. The summed E-state index contributed by atoms with van der Waals surface area (Å²) in [4.78, 5) is 16.8. The van der Waals surface area contributed by atoms with Crippen molar-refractivity contribution >= 4 is 11.6 Å². The van der Waals surface area contributed by atoms with E-state index in [1.165, 1.54) is 5.56 Å². The third kappa shape index (κ3) is 6.44. The van der Waals surface area contributed by atoms with Gasteiger partial charge in [-0.3, -0.25) is 4.79 Å². The van der Waals surface area contributed by atoms with Gasteiger partial charge in [-0.15, -0.1) is 0 Å². The fourth-order valence-electron chi connectivity index (χ4n) is 2.85. The van der Waals surface area contributed by atoms with E-state index in [9.17, 15) is 4.79 Å². The molecule has 0 saturated carbocycles. The van der Waals surface area contributed by atoms with Crippen molar-refractivity contribution in [3.8, 4) is 5.75 Å². The first-order valence-corrected chi connectivity index (χ1v) is 9.47. The van der Waals surface area contributed by atoms with Crippen LogP contribution in [0.1, 0.15) is 11.3 Å². The third-order valence-corrected chi connectivity index (χ3v) is 4.32. The van der Waals surface area contributed by atoms with Crippen LogP contribution in [-0.2, 0) is 22.5 Å². The van der Waals surface area contributed by atoms with Crippen LogP contribution in [0.2, 0.25) is 0 Å². The normalized spacial score (nSPS) is 11.8. The first-order chi connectivity index (χ1) is 14.1. The topological polar surface area (TPSA) is 91.4 Å². The summed E-state index contributed by atoms with van der Waals surface area (Å²) in [6, 6.07) is 16.6. The molecule has 3 aromatic rings. The second kappa shape index (κ2) is 10.4. The van der Waals surface area contributed by atoms with E-state index in [2.05, 4.69) is 22.4 Å². The molecule has 1 aromatic heterocycles. The molecule has 7 nitrogen and oxygen atoms in total. The first-order valence-electron chi connectivity index (χ1n) is 9.47. The van der Waals surface area contributed by atoms with E-state index in [1.807, 2.05) is 41.1 Å². The number of methoxy groups -OCH3 is 1. The number of hydrogen-bond acceptors (Lipinski definition) is 5. The summed E-state index contributed by atoms with van der Waals surface area (Å²) < 4.78 is 12.5. The molecule has 29 heavy (non-hydrogen) atoms. The smallest absolute Gasteiger partial charge is 0.241 e. The molecule has 2 aromatic carbocycles. The van der Waals surface area contributed by atoms with Gasteiger partial charge in [-0.2, -0.15) is 0 Å². The van der Waals surface area contributed by atoms with Gasteiger partial charge in [-0.25, -0.2) is 4.98 Å². The van der Waals surface area contributed by atoms with Crippen LogP contribution in [0.4, 0.5) is 5.69 Å². The molecule has 1 atom stereocenters. The number of ether oxygens (including phenoxy) is 2. The number of nitrogens with zero attached hydrogens (tertiary/aromatic N) is 2. The van der Waals surface area contributed by atoms with E-state index in [1.54, 1.807) is 25.6 Å². The maximum Gasteiger partial charge on any atom is 0.241 e. The van der Waals surface area contributed by atoms with Gasteiger partial charge in [0.15, 0.2) is 0 Å². The second-order valence-corrected chi connectivity index (χ2v) is 6.69. The van der Waals surface area contributed by atoms with Gasteiger partial charge in [0.05, 0.1) is 24.7 Å². The fourth-order valence-corrected chi connectivity index (χ4v) is 2.85. The van der Waals surface area contributed by atoms with Crippen LogP contribution in [-0.4, -0.2) is 41.8 Å². The van der Waals surface area contributed by atoms with Crippen LogP contribution in [0.3, 0.4) is 0 Å². The van der Waals surface area contributed by atoms with E-state index in [0.29, 0.717) is 31.1 Å². The van der Waals surface area contributed by atoms with Gasteiger partial charge in [0, 0.05) is 38.0 Å². The summed E-state index contributed by atoms with van der Waals surface area (Å²) in [6.45, 7) is 1.67. The molecule has 0 aliphatic carbocycles. The van der Waals surface area contributed by atoms with E-state index >= 15 is 0 Å². The Hall–Kier alpha value is -3.16. The Morgan fingerprint density at radius 2 is 2.00 bits per heavy atom. The van der Waals surface area contributed by atoms with Crippen LogP contribution >= 0.6 is 0 Å². The van der Waals surface area contributed by atoms with Gasteiger partial charge in [-0.1, -0.05) is 36.4 Å². The highest BCUT2D eigenvalue weighted by Gasteiger charge is 2.16. The number of imidazole rings is 1. The Morgan fingerprint density at radius 1 is 1.17 bits per heavy atom. The molecule has 0 aliphatic heterocycles. The molecule has 3 rings (SSSR count). The lowest BCUT2D eigenvalue weighted by molar-refractivity contribution is -0.117. The minimum Gasteiger partial charge on any atom is -0.491 e. The number of carbonyl (C=O) groups excluding carboxylic acids is 1. The molecule has 3 N–H and O–H groups in total. The highest BCUT2D eigenvalue weighted by atomic mass is 16.5. The summed E-state index contributed by atoms with van der Waals surface area (Å²) in [7, 11) is 1.62. The highest BCUT2D eigenvalue weighted by Crippen LogP contribution is 2.17. The molecule has 0 saturated heterocycles. The number of benzene rings is 2. The second-order valence-electron chi connectivity index (χ2n) is 6.69. The lowest BCUT2D eigenvalue weighted by Gasteiger charge is -2.12. The Labute approximate surface area is 170 Å². The van der Waals surface area contributed by atoms with Crippen LogP contribution in [0, 0.1) is 0 Å². The predicted octanol–water partition coefficient (Wildman–Crippen LogP) is 2.47. The Kier molecular flexibility index (Phi) is 7.38. The molecule has 152 valence electrons. The Morgan fingerprint density at radius 3 is 2.79 bits per heavy atom. The van der Waals surface area contributed by atoms with Gasteiger partial charge < -0.3 is 25.1 Å². The molecule has 1 heterocycles. The lowest BCUT2D eigenvalue weighted by atomic mass is 10.1. The van der Waals surface area contributed by atoms with E-state index in [-0.39, 0.29) is 5.91 Å². The SMILES string of the molecule is COCCOc1cccc(NC(=O)[C@@H](N)Cc2cn(Cc3ccccc3)cn2)c1. The number of nitrogens with two attached hydrogens (primary N) is 1. The average molecular weight is 394 g/mol. The molecule has 0 spiro atoms. The van der Waals surface area contributed by atoms with Crippen molar-refractivity contribution in [2.75, 3.05) is 25.6 Å². The predicted molar refractivity (Wildman–Crippen MR) is 112 cm³/mol. The summed E-state index contributed by atoms with van der Waals surface area (Å²) in [5.41, 5.74) is 8.68. The first kappa shape index (κ1) is 20.6. The quantitative estimate of drug-likeness (QED) is 0.516. The number of nitrogens with one attached hydrogen (secondary N) is 1. The van der Waals surface area contributed by atoms with Gasteiger partial charge in [-0.05, 0) is 17.7 Å². The molecule has 7 heteroatoms. The number of aromatic nitrogens is 2. The summed E-state index contributed by atoms with van der Waals surface area (Å²) in [5.74, 6) is 0.393. The van der Waals surface area contributed by atoms with Gasteiger partial charge in [0.25, 0.3) is 0 Å². The molecule has 0 unspecified atom stereocenters. The maximum absolute atomic E-state index is 12.5. The molecule has 0 radical (unpaired) electrons. The van der Waals surface area contributed by atoms with Crippen LogP contribution in [0.25, 0.3) is 0 Å². The van der Waals surface area contributed by atoms with Crippen molar-refractivity contribution < 1.29 is 14.3 Å². The minimum atomic E-state index is -0.701. The van der Waals surface area contributed by atoms with Crippen LogP contribution < -0.4 is 15.8 Å². The van der Waals surface area contributed by atoms with Crippen molar-refractivity contribution in [1.29, 1.82) is 0 Å². The molecular formula is C22H26N4O3. The van der Waals surface area contributed by atoms with Crippen molar-refractivity contribution in [3.63, 3.8) is 0 Å². The fraction of sp³-hybridized carbons (Fsp3) is 0.273. The van der Waals surface area contributed by atoms with Crippen LogP contribution in [0.5, 0.6) is 5.75 Å². The molecule has 1 amide bonds. The lowest BCUT2D eigenvalue weighted by Crippen LogP contribution is -2.37. The molecule has 0 bridgehead atoms. The van der Waals surface area contributed by atoms with E-state index < -0.39 is 6.04 Å². The molecule has 0 aliphatic rings. The van der Waals surface area contributed by atoms with E-state index in [4.69, 9.17) is 15.2 Å². The monoisotopic (exact) mass is 394 g/mol. The van der Waals surface area contributed by atoms with Crippen molar-refractivity contribution in [3.05, 3.63) is 78.4 Å². The maximum atomic E-state index is 12.5. The third-order valence-electron chi connectivity index (χ3n) is 4.32. The largest absolute Gasteiger partial charge is 0.491 e. The van der Waals surface area contributed by atoms with Crippen molar-refractivity contribution in [2.45, 2.75) is 19.0 Å². The van der Waals surface area contributed by atoms with E-state index in [0.717, 1.165) is 12.2 Å². The molecule has 0 fully saturated rings. The Bertz CT molecular complexity index is 911.